The number of carbonyl (C=O) groups excluding carboxylic acids is 1. The van der Waals surface area contributed by atoms with Gasteiger partial charge in [0.15, 0.2) is 12.1 Å². The van der Waals surface area contributed by atoms with Crippen LogP contribution in [0.15, 0.2) is 59.5 Å². The Balaban J connectivity index is 1.50. The number of hydrogen-bond acceptors (Lipinski definition) is 9. The van der Waals surface area contributed by atoms with Gasteiger partial charge in [0, 0.05) is 56.4 Å². The summed E-state index contributed by atoms with van der Waals surface area (Å²) in [5.74, 6) is 0.535. The fourth-order valence-corrected chi connectivity index (χ4v) is 4.12. The lowest BCUT2D eigenvalue weighted by atomic mass is 10.1. The Morgan fingerprint density at radius 3 is 2.44 bits per heavy atom. The standard InChI is InChI=1S/C26H34N6O4/c1-26(2,3)36-25(35)31-15-13-30(14-16-31)23-24(34)32(18-20(28-23)6-5-17-33)21-10-8-19(9-11-21)22-7-4-12-27-29-22/h4,7-12,18,24,33-34H,5-6,13-17H2,1-3H3. The molecule has 2 aromatic rings. The van der Waals surface area contributed by atoms with Gasteiger partial charge < -0.3 is 29.6 Å². The van der Waals surface area contributed by atoms with Gasteiger partial charge >= 0.3 is 6.09 Å². The third kappa shape index (κ3) is 6.19. The maximum Gasteiger partial charge on any atom is 0.410 e. The summed E-state index contributed by atoms with van der Waals surface area (Å²) in [5, 5.41) is 28.7. The molecule has 1 amide bonds. The van der Waals surface area contributed by atoms with Crippen molar-refractivity contribution in [2.24, 2.45) is 4.99 Å². The number of aliphatic imine (C=N–C) groups is 1. The Morgan fingerprint density at radius 1 is 1.11 bits per heavy atom. The van der Waals surface area contributed by atoms with Crippen molar-refractivity contribution < 1.29 is 19.7 Å². The normalized spacial score (nSPS) is 18.6. The minimum Gasteiger partial charge on any atom is -0.444 e. The zero-order valence-electron chi connectivity index (χ0n) is 21.0. The predicted molar refractivity (Wildman–Crippen MR) is 137 cm³/mol. The van der Waals surface area contributed by atoms with Crippen LogP contribution in [0, 0.1) is 0 Å². The summed E-state index contributed by atoms with van der Waals surface area (Å²) in [6, 6.07) is 11.5. The van der Waals surface area contributed by atoms with E-state index in [-0.39, 0.29) is 12.7 Å². The average molecular weight is 495 g/mol. The molecule has 0 aliphatic carbocycles. The van der Waals surface area contributed by atoms with Crippen molar-refractivity contribution in [3.63, 3.8) is 0 Å². The summed E-state index contributed by atoms with van der Waals surface area (Å²) in [6.07, 6.45) is 3.30. The minimum atomic E-state index is -0.988. The van der Waals surface area contributed by atoms with E-state index in [1.165, 1.54) is 0 Å². The largest absolute Gasteiger partial charge is 0.444 e. The van der Waals surface area contributed by atoms with Crippen LogP contribution in [0.5, 0.6) is 0 Å². The Kier molecular flexibility index (Phi) is 7.85. The van der Waals surface area contributed by atoms with Crippen molar-refractivity contribution >= 4 is 17.6 Å². The van der Waals surface area contributed by atoms with Crippen LogP contribution in [0.25, 0.3) is 11.3 Å². The van der Waals surface area contributed by atoms with Crippen molar-refractivity contribution in [2.75, 3.05) is 37.7 Å². The zero-order chi connectivity index (χ0) is 25.7. The van der Waals surface area contributed by atoms with Gasteiger partial charge in [-0.25, -0.2) is 9.79 Å². The summed E-state index contributed by atoms with van der Waals surface area (Å²) < 4.78 is 5.50. The first-order valence-corrected chi connectivity index (χ1v) is 12.2. The summed E-state index contributed by atoms with van der Waals surface area (Å²) in [6.45, 7) is 7.62. The molecule has 192 valence electrons. The van der Waals surface area contributed by atoms with E-state index < -0.39 is 11.8 Å². The van der Waals surface area contributed by atoms with Crippen LogP contribution in [-0.2, 0) is 4.74 Å². The summed E-state index contributed by atoms with van der Waals surface area (Å²) in [7, 11) is 0. The van der Waals surface area contributed by atoms with E-state index in [9.17, 15) is 15.0 Å². The number of ether oxygens (including phenoxy) is 1. The number of aliphatic hydroxyl groups is 2. The number of nitrogens with zero attached hydrogens (tertiary/aromatic N) is 6. The number of carbonyl (C=O) groups is 1. The molecule has 2 aliphatic heterocycles. The van der Waals surface area contributed by atoms with Crippen molar-refractivity contribution in [1.82, 2.24) is 20.0 Å². The lowest BCUT2D eigenvalue weighted by Crippen LogP contribution is -2.56. The Hall–Kier alpha value is -3.50. The molecule has 0 radical (unpaired) electrons. The first kappa shape index (κ1) is 25.6. The number of rotatable bonds is 5. The minimum absolute atomic E-state index is 0.0616. The van der Waals surface area contributed by atoms with Crippen LogP contribution in [-0.4, -0.2) is 86.8 Å². The van der Waals surface area contributed by atoms with Crippen molar-refractivity contribution in [2.45, 2.75) is 45.4 Å². The van der Waals surface area contributed by atoms with E-state index in [1.807, 2.05) is 68.3 Å². The lowest BCUT2D eigenvalue weighted by molar-refractivity contribution is 0.0182. The highest BCUT2D eigenvalue weighted by atomic mass is 16.6. The second kappa shape index (κ2) is 11.0. The molecule has 0 bridgehead atoms. The van der Waals surface area contributed by atoms with E-state index in [0.29, 0.717) is 44.9 Å². The molecular formula is C26H34N6O4. The fraction of sp³-hybridized carbons (Fsp3) is 0.462. The first-order chi connectivity index (χ1) is 17.2. The number of anilines is 1. The van der Waals surface area contributed by atoms with Crippen molar-refractivity contribution in [3.8, 4) is 11.3 Å². The van der Waals surface area contributed by atoms with E-state index in [1.54, 1.807) is 16.0 Å². The molecule has 1 atom stereocenters. The Morgan fingerprint density at radius 2 is 1.83 bits per heavy atom. The number of amides is 1. The zero-order valence-corrected chi connectivity index (χ0v) is 21.0. The molecule has 1 aromatic carbocycles. The molecule has 1 unspecified atom stereocenters. The van der Waals surface area contributed by atoms with Gasteiger partial charge in [0.2, 0.25) is 0 Å². The van der Waals surface area contributed by atoms with Crippen LogP contribution in [0.2, 0.25) is 0 Å². The molecule has 2 N–H and O–H groups in total. The number of benzene rings is 1. The molecule has 3 heterocycles. The molecule has 36 heavy (non-hydrogen) atoms. The van der Waals surface area contributed by atoms with Crippen LogP contribution < -0.4 is 4.90 Å². The highest BCUT2D eigenvalue weighted by Crippen LogP contribution is 2.28. The molecule has 10 nitrogen and oxygen atoms in total. The molecule has 10 heteroatoms. The highest BCUT2D eigenvalue weighted by Gasteiger charge is 2.33. The maximum atomic E-state index is 12.5. The van der Waals surface area contributed by atoms with Crippen LogP contribution in [0.1, 0.15) is 33.6 Å². The van der Waals surface area contributed by atoms with E-state index >= 15 is 0 Å². The molecule has 2 aliphatic rings. The number of aromatic nitrogens is 2. The number of aliphatic hydroxyl groups excluding tert-OH is 2. The number of allylic oxidation sites excluding steroid dienone is 1. The summed E-state index contributed by atoms with van der Waals surface area (Å²) in [4.78, 5) is 22.7. The molecule has 1 aromatic heterocycles. The maximum absolute atomic E-state index is 12.5. The van der Waals surface area contributed by atoms with Crippen LogP contribution >= 0.6 is 0 Å². The van der Waals surface area contributed by atoms with Gasteiger partial charge in [0.25, 0.3) is 0 Å². The van der Waals surface area contributed by atoms with E-state index in [0.717, 1.165) is 22.6 Å². The van der Waals surface area contributed by atoms with Gasteiger partial charge in [-0.15, -0.1) is 0 Å². The van der Waals surface area contributed by atoms with Crippen molar-refractivity contribution in [3.05, 3.63) is 54.5 Å². The third-order valence-corrected chi connectivity index (χ3v) is 5.92. The summed E-state index contributed by atoms with van der Waals surface area (Å²) in [5.41, 5.74) is 2.73. The predicted octanol–water partition coefficient (Wildman–Crippen LogP) is 2.85. The van der Waals surface area contributed by atoms with Gasteiger partial charge in [-0.1, -0.05) is 12.1 Å². The third-order valence-electron chi connectivity index (χ3n) is 5.92. The smallest absolute Gasteiger partial charge is 0.410 e. The highest BCUT2D eigenvalue weighted by molar-refractivity contribution is 5.91. The second-order valence-corrected chi connectivity index (χ2v) is 9.81. The molecule has 1 fully saturated rings. The Bertz CT molecular complexity index is 1090. The molecule has 0 saturated carbocycles. The number of piperazine rings is 1. The molecule has 4 rings (SSSR count). The van der Waals surface area contributed by atoms with Crippen molar-refractivity contribution in [1.29, 1.82) is 0 Å². The van der Waals surface area contributed by atoms with Gasteiger partial charge in [-0.2, -0.15) is 10.2 Å². The van der Waals surface area contributed by atoms with Crippen LogP contribution in [0.4, 0.5) is 10.5 Å². The molecular weight excluding hydrogens is 460 g/mol. The van der Waals surface area contributed by atoms with E-state index in [4.69, 9.17) is 9.73 Å². The first-order valence-electron chi connectivity index (χ1n) is 12.2. The SMILES string of the molecule is CC(C)(C)OC(=O)N1CCN(C2=NC(CCCO)=CN(c3ccc(-c4cccnn4)cc3)C2O)CC1. The Labute approximate surface area is 211 Å². The lowest BCUT2D eigenvalue weighted by Gasteiger charge is -2.41. The molecule has 0 spiro atoms. The van der Waals surface area contributed by atoms with Gasteiger partial charge in [-0.05, 0) is 57.9 Å². The fourth-order valence-electron chi connectivity index (χ4n) is 4.12. The quantitative estimate of drug-likeness (QED) is 0.652. The van der Waals surface area contributed by atoms with E-state index in [2.05, 4.69) is 10.2 Å². The topological polar surface area (TPSA) is 115 Å². The van der Waals surface area contributed by atoms with Gasteiger partial charge in [0.05, 0.1) is 11.4 Å². The second-order valence-electron chi connectivity index (χ2n) is 9.81. The summed E-state index contributed by atoms with van der Waals surface area (Å²) >= 11 is 0. The van der Waals surface area contributed by atoms with Gasteiger partial charge in [0.1, 0.15) is 5.60 Å². The number of amidine groups is 1. The monoisotopic (exact) mass is 494 g/mol. The molecule has 1 saturated heterocycles. The number of hydrogen-bond donors (Lipinski definition) is 2. The average Bonchev–Trinajstić information content (AvgIpc) is 2.88. The van der Waals surface area contributed by atoms with Crippen LogP contribution in [0.3, 0.4) is 0 Å². The van der Waals surface area contributed by atoms with Gasteiger partial charge in [-0.3, -0.25) is 0 Å².